The van der Waals surface area contributed by atoms with E-state index < -0.39 is 0 Å². The van der Waals surface area contributed by atoms with Gasteiger partial charge in [-0.15, -0.1) is 0 Å². The minimum absolute atomic E-state index is 0.222. The van der Waals surface area contributed by atoms with Crippen LogP contribution in [0.15, 0.2) is 36.5 Å². The van der Waals surface area contributed by atoms with Crippen molar-refractivity contribution in [3.8, 4) is 0 Å². The molecule has 2 N–H and O–H groups in total. The number of hydrogen-bond acceptors (Lipinski definition) is 3. The maximum absolute atomic E-state index is 12.2. The number of pyridine rings is 1. The first-order chi connectivity index (χ1) is 9.11. The van der Waals surface area contributed by atoms with Crippen LogP contribution < -0.4 is 10.6 Å². The summed E-state index contributed by atoms with van der Waals surface area (Å²) in [4.78, 5) is 16.2. The first kappa shape index (κ1) is 13.4. The molecule has 98 valence electrons. The van der Waals surface area contributed by atoms with Gasteiger partial charge in [0.1, 0.15) is 0 Å². The van der Waals surface area contributed by atoms with Crippen LogP contribution in [0.5, 0.6) is 0 Å². The van der Waals surface area contributed by atoms with Crippen molar-refractivity contribution < 1.29 is 4.79 Å². The van der Waals surface area contributed by atoms with E-state index in [0.29, 0.717) is 16.4 Å². The Morgan fingerprint density at radius 2 is 2.11 bits per heavy atom. The molecule has 0 bridgehead atoms. The van der Waals surface area contributed by atoms with Crippen molar-refractivity contribution in [2.75, 3.05) is 17.7 Å². The number of aryl methyl sites for hydroxylation is 1. The highest BCUT2D eigenvalue weighted by molar-refractivity contribution is 6.33. The molecular formula is C14H14ClN3O. The molecule has 1 aromatic carbocycles. The molecular weight excluding hydrogens is 262 g/mol. The van der Waals surface area contributed by atoms with E-state index in [-0.39, 0.29) is 5.91 Å². The zero-order valence-electron chi connectivity index (χ0n) is 10.7. The number of benzene rings is 1. The van der Waals surface area contributed by atoms with Gasteiger partial charge >= 0.3 is 0 Å². The molecule has 19 heavy (non-hydrogen) atoms. The van der Waals surface area contributed by atoms with Gasteiger partial charge in [0.15, 0.2) is 5.82 Å². The van der Waals surface area contributed by atoms with E-state index in [9.17, 15) is 4.79 Å². The Morgan fingerprint density at radius 3 is 2.74 bits per heavy atom. The van der Waals surface area contributed by atoms with Crippen molar-refractivity contribution in [2.45, 2.75) is 6.92 Å². The molecule has 0 aliphatic rings. The topological polar surface area (TPSA) is 54.0 Å². The molecule has 1 aromatic heterocycles. The van der Waals surface area contributed by atoms with Crippen LogP contribution >= 0.6 is 11.6 Å². The van der Waals surface area contributed by atoms with E-state index in [2.05, 4.69) is 15.6 Å². The summed E-state index contributed by atoms with van der Waals surface area (Å²) >= 11 is 5.96. The zero-order chi connectivity index (χ0) is 13.8. The molecule has 5 heteroatoms. The molecule has 2 rings (SSSR count). The highest BCUT2D eigenvalue weighted by Crippen LogP contribution is 2.20. The van der Waals surface area contributed by atoms with Gasteiger partial charge in [0.05, 0.1) is 5.02 Å². The average molecular weight is 276 g/mol. The minimum Gasteiger partial charge on any atom is -0.388 e. The Morgan fingerprint density at radius 1 is 1.32 bits per heavy atom. The van der Waals surface area contributed by atoms with E-state index in [1.165, 1.54) is 0 Å². The average Bonchev–Trinajstić information content (AvgIpc) is 2.41. The molecule has 0 atom stereocenters. The van der Waals surface area contributed by atoms with E-state index in [1.54, 1.807) is 24.4 Å². The molecule has 0 spiro atoms. The lowest BCUT2D eigenvalue weighted by Gasteiger charge is -2.09. The summed E-state index contributed by atoms with van der Waals surface area (Å²) in [6.07, 6.45) is 1.58. The Bertz CT molecular complexity index is 613. The van der Waals surface area contributed by atoms with Gasteiger partial charge in [0.25, 0.3) is 5.91 Å². The molecule has 0 saturated carbocycles. The molecule has 0 saturated heterocycles. The third-order valence-corrected chi connectivity index (χ3v) is 3.06. The summed E-state index contributed by atoms with van der Waals surface area (Å²) < 4.78 is 0. The van der Waals surface area contributed by atoms with E-state index in [4.69, 9.17) is 11.6 Å². The number of amides is 1. The van der Waals surface area contributed by atoms with Gasteiger partial charge in [-0.25, -0.2) is 4.98 Å². The SMILES string of the molecule is CNc1ccc(C(=O)Nc2ncccc2Cl)c(C)c1. The fourth-order valence-electron chi connectivity index (χ4n) is 1.73. The van der Waals surface area contributed by atoms with Gasteiger partial charge in [-0.2, -0.15) is 0 Å². The summed E-state index contributed by atoms with van der Waals surface area (Å²) in [6, 6.07) is 8.93. The number of halogens is 1. The highest BCUT2D eigenvalue weighted by atomic mass is 35.5. The molecule has 4 nitrogen and oxygen atoms in total. The summed E-state index contributed by atoms with van der Waals surface area (Å²) in [6.45, 7) is 1.88. The van der Waals surface area contributed by atoms with Crippen LogP contribution in [-0.2, 0) is 0 Å². The highest BCUT2D eigenvalue weighted by Gasteiger charge is 2.11. The van der Waals surface area contributed by atoms with Crippen molar-refractivity contribution >= 4 is 29.0 Å². The van der Waals surface area contributed by atoms with Crippen LogP contribution in [0.1, 0.15) is 15.9 Å². The zero-order valence-corrected chi connectivity index (χ0v) is 11.5. The standard InChI is InChI=1S/C14H14ClN3O/c1-9-8-10(16-2)5-6-11(9)14(19)18-13-12(15)4-3-7-17-13/h3-8,16H,1-2H3,(H,17,18,19). The fourth-order valence-corrected chi connectivity index (χ4v) is 1.90. The van der Waals surface area contributed by atoms with Crippen LogP contribution in [0.3, 0.4) is 0 Å². The second kappa shape index (κ2) is 5.71. The van der Waals surface area contributed by atoms with Crippen LogP contribution in [0, 0.1) is 6.92 Å². The summed E-state index contributed by atoms with van der Waals surface area (Å²) in [5.41, 5.74) is 2.45. The van der Waals surface area contributed by atoms with Gasteiger partial charge in [-0.05, 0) is 42.8 Å². The number of nitrogens with one attached hydrogen (secondary N) is 2. The fraction of sp³-hybridized carbons (Fsp3) is 0.143. The monoisotopic (exact) mass is 275 g/mol. The first-order valence-corrected chi connectivity index (χ1v) is 6.20. The Labute approximate surface area is 116 Å². The number of aromatic nitrogens is 1. The number of anilines is 2. The molecule has 0 aliphatic carbocycles. The number of carbonyl (C=O) groups excluding carboxylic acids is 1. The van der Waals surface area contributed by atoms with Crippen molar-refractivity contribution in [1.29, 1.82) is 0 Å². The maximum Gasteiger partial charge on any atom is 0.257 e. The third-order valence-electron chi connectivity index (χ3n) is 2.75. The van der Waals surface area contributed by atoms with Crippen LogP contribution in [0.25, 0.3) is 0 Å². The molecule has 1 amide bonds. The number of rotatable bonds is 3. The third kappa shape index (κ3) is 3.03. The lowest BCUT2D eigenvalue weighted by Crippen LogP contribution is -2.14. The van der Waals surface area contributed by atoms with Crippen molar-refractivity contribution in [1.82, 2.24) is 4.98 Å². The second-order valence-electron chi connectivity index (χ2n) is 4.07. The Kier molecular flexibility index (Phi) is 4.02. The largest absolute Gasteiger partial charge is 0.388 e. The van der Waals surface area contributed by atoms with Crippen molar-refractivity contribution in [3.63, 3.8) is 0 Å². The maximum atomic E-state index is 12.2. The van der Waals surface area contributed by atoms with Gasteiger partial charge in [-0.1, -0.05) is 11.6 Å². The molecule has 1 heterocycles. The lowest BCUT2D eigenvalue weighted by atomic mass is 10.1. The predicted octanol–water partition coefficient (Wildman–Crippen LogP) is 3.34. The number of hydrogen-bond donors (Lipinski definition) is 2. The summed E-state index contributed by atoms with van der Waals surface area (Å²) in [7, 11) is 1.84. The molecule has 0 aliphatic heterocycles. The van der Waals surface area contributed by atoms with Crippen molar-refractivity contribution in [3.05, 3.63) is 52.7 Å². The van der Waals surface area contributed by atoms with Gasteiger partial charge < -0.3 is 10.6 Å². The van der Waals surface area contributed by atoms with Gasteiger partial charge in [0.2, 0.25) is 0 Å². The first-order valence-electron chi connectivity index (χ1n) is 5.82. The van der Waals surface area contributed by atoms with Gasteiger partial charge in [0, 0.05) is 24.5 Å². The van der Waals surface area contributed by atoms with Crippen LogP contribution in [-0.4, -0.2) is 17.9 Å². The quantitative estimate of drug-likeness (QED) is 0.903. The molecule has 2 aromatic rings. The molecule has 0 radical (unpaired) electrons. The van der Waals surface area contributed by atoms with Crippen LogP contribution in [0.2, 0.25) is 5.02 Å². The van der Waals surface area contributed by atoms with E-state index in [1.807, 2.05) is 26.1 Å². The smallest absolute Gasteiger partial charge is 0.257 e. The van der Waals surface area contributed by atoms with Crippen LogP contribution in [0.4, 0.5) is 11.5 Å². The van der Waals surface area contributed by atoms with E-state index in [0.717, 1.165) is 11.3 Å². The van der Waals surface area contributed by atoms with Crippen molar-refractivity contribution in [2.24, 2.45) is 0 Å². The second-order valence-corrected chi connectivity index (χ2v) is 4.47. The number of carbonyl (C=O) groups is 1. The van der Waals surface area contributed by atoms with Gasteiger partial charge in [-0.3, -0.25) is 4.79 Å². The summed E-state index contributed by atoms with van der Waals surface area (Å²) in [5.74, 6) is 0.145. The Balaban J connectivity index is 2.23. The number of nitrogens with zero attached hydrogens (tertiary/aromatic N) is 1. The normalized spacial score (nSPS) is 10.1. The minimum atomic E-state index is -0.222. The summed E-state index contributed by atoms with van der Waals surface area (Å²) in [5, 5.41) is 6.15. The Hall–Kier alpha value is -2.07. The molecule has 0 unspecified atom stereocenters. The van der Waals surface area contributed by atoms with E-state index >= 15 is 0 Å². The predicted molar refractivity (Wildman–Crippen MR) is 77.9 cm³/mol. The molecule has 0 fully saturated rings. The lowest BCUT2D eigenvalue weighted by molar-refractivity contribution is 0.102.